The predicted molar refractivity (Wildman–Crippen MR) is 61.8 cm³/mol. The Balaban J connectivity index is 2.44. The molecule has 0 aliphatic heterocycles. The van der Waals surface area contributed by atoms with E-state index in [1.807, 2.05) is 6.92 Å². The molecule has 0 saturated carbocycles. The number of hydrogen-bond donors (Lipinski definition) is 0. The Morgan fingerprint density at radius 2 is 1.75 bits per heavy atom. The fourth-order valence-electron chi connectivity index (χ4n) is 1.40. The van der Waals surface area contributed by atoms with Gasteiger partial charge in [0.2, 0.25) is 0 Å². The predicted octanol–water partition coefficient (Wildman–Crippen LogP) is 1.78. The molecule has 3 nitrogen and oxygen atoms in total. The number of benzene rings is 1. The van der Waals surface area contributed by atoms with Crippen molar-refractivity contribution < 1.29 is 17.7 Å². The van der Waals surface area contributed by atoms with Crippen LogP contribution in [0.5, 0.6) is 0 Å². The van der Waals surface area contributed by atoms with Gasteiger partial charge in [-0.1, -0.05) is 12.1 Å². The first-order valence-electron chi connectivity index (χ1n) is 5.11. The maximum absolute atomic E-state index is 12.7. The summed E-state index contributed by atoms with van der Waals surface area (Å²) < 4.78 is 28.4. The number of rotatable bonds is 6. The zero-order valence-electron chi connectivity index (χ0n) is 9.77. The Hall–Kier alpha value is -0.753. The zero-order valence-corrected chi connectivity index (χ0v) is 10.9. The van der Waals surface area contributed by atoms with Gasteiger partial charge in [-0.25, -0.2) is 4.39 Å². The minimum Gasteiger partial charge on any atom is -0.379 e. The number of halogens is 1. The summed E-state index contributed by atoms with van der Waals surface area (Å²) in [6, 6.07) is 6.41. The molecule has 16 heavy (non-hydrogen) atoms. The van der Waals surface area contributed by atoms with E-state index in [1.54, 1.807) is 26.4 Å². The molecule has 0 bridgehead atoms. The van der Waals surface area contributed by atoms with Gasteiger partial charge in [0.1, 0.15) is 5.82 Å². The molecule has 1 aromatic rings. The Kier molecular flexibility index (Phi) is 5.62. The lowest BCUT2D eigenvalue weighted by molar-refractivity contribution is 0.0951. The standard InChI is InChI=1S/C11H17FO3Si/c1-9(15-16(13-2)14-3)8-10-4-6-11(12)7-5-10/h4-7,9,16H,8H2,1-3H3. The molecule has 0 spiro atoms. The third-order valence-corrected chi connectivity index (χ3v) is 3.62. The van der Waals surface area contributed by atoms with Crippen molar-refractivity contribution >= 4 is 9.53 Å². The van der Waals surface area contributed by atoms with Crippen molar-refractivity contribution in [2.75, 3.05) is 14.2 Å². The first-order chi connectivity index (χ1) is 7.65. The molecule has 1 atom stereocenters. The van der Waals surface area contributed by atoms with Crippen LogP contribution >= 0.6 is 0 Å². The van der Waals surface area contributed by atoms with Crippen LogP contribution in [-0.2, 0) is 19.7 Å². The minimum absolute atomic E-state index is 0.00188. The third-order valence-electron chi connectivity index (χ3n) is 2.16. The van der Waals surface area contributed by atoms with Gasteiger partial charge < -0.3 is 13.3 Å². The molecule has 0 radical (unpaired) electrons. The summed E-state index contributed by atoms with van der Waals surface area (Å²) in [5, 5.41) is 0. The molecule has 0 saturated heterocycles. The molecule has 5 heteroatoms. The summed E-state index contributed by atoms with van der Waals surface area (Å²) in [6.45, 7) is 1.95. The lowest BCUT2D eigenvalue weighted by Gasteiger charge is -2.18. The van der Waals surface area contributed by atoms with Crippen LogP contribution in [0.4, 0.5) is 4.39 Å². The van der Waals surface area contributed by atoms with Crippen molar-refractivity contribution in [2.45, 2.75) is 19.4 Å². The summed E-state index contributed by atoms with van der Waals surface area (Å²) >= 11 is 0. The van der Waals surface area contributed by atoms with E-state index in [-0.39, 0.29) is 11.9 Å². The van der Waals surface area contributed by atoms with Crippen molar-refractivity contribution in [1.29, 1.82) is 0 Å². The van der Waals surface area contributed by atoms with Gasteiger partial charge in [-0.2, -0.15) is 0 Å². The highest BCUT2D eigenvalue weighted by atomic mass is 28.3. The Bertz CT molecular complexity index is 301. The largest absolute Gasteiger partial charge is 0.483 e. The van der Waals surface area contributed by atoms with Gasteiger partial charge in [-0.15, -0.1) is 0 Å². The van der Waals surface area contributed by atoms with Crippen LogP contribution < -0.4 is 0 Å². The van der Waals surface area contributed by atoms with Crippen LogP contribution in [0.1, 0.15) is 12.5 Å². The molecule has 0 fully saturated rings. The summed E-state index contributed by atoms with van der Waals surface area (Å²) in [5.74, 6) is -0.224. The van der Waals surface area contributed by atoms with Crippen LogP contribution in [0.3, 0.4) is 0 Å². The first kappa shape index (κ1) is 13.3. The molecule has 0 aliphatic carbocycles. The van der Waals surface area contributed by atoms with Crippen LogP contribution in [-0.4, -0.2) is 29.9 Å². The quantitative estimate of drug-likeness (QED) is 0.714. The van der Waals surface area contributed by atoms with Crippen LogP contribution in [0.2, 0.25) is 0 Å². The molecule has 0 aliphatic rings. The van der Waals surface area contributed by atoms with E-state index in [9.17, 15) is 4.39 Å². The Morgan fingerprint density at radius 1 is 1.19 bits per heavy atom. The summed E-state index contributed by atoms with van der Waals surface area (Å²) in [7, 11) is 1.17. The molecule has 90 valence electrons. The second-order valence-corrected chi connectivity index (χ2v) is 5.33. The average Bonchev–Trinajstić information content (AvgIpc) is 2.29. The molecule has 0 amide bonds. The third kappa shape index (κ3) is 4.40. The van der Waals surface area contributed by atoms with Gasteiger partial charge in [0, 0.05) is 14.2 Å². The van der Waals surface area contributed by atoms with E-state index in [1.165, 1.54) is 12.1 Å². The van der Waals surface area contributed by atoms with Gasteiger partial charge in [0.25, 0.3) is 0 Å². The Labute approximate surface area is 97.1 Å². The summed E-state index contributed by atoms with van der Waals surface area (Å²) in [4.78, 5) is 0. The van der Waals surface area contributed by atoms with E-state index in [0.29, 0.717) is 0 Å². The second-order valence-electron chi connectivity index (χ2n) is 3.54. The van der Waals surface area contributed by atoms with Gasteiger partial charge in [0.05, 0.1) is 6.10 Å². The topological polar surface area (TPSA) is 27.7 Å². The van der Waals surface area contributed by atoms with Gasteiger partial charge in [0.15, 0.2) is 0 Å². The minimum atomic E-state index is -1.98. The first-order valence-corrected chi connectivity index (χ1v) is 6.52. The number of hydrogen-bond acceptors (Lipinski definition) is 3. The maximum Gasteiger partial charge on any atom is 0.483 e. The van der Waals surface area contributed by atoms with E-state index < -0.39 is 9.53 Å². The van der Waals surface area contributed by atoms with Gasteiger partial charge >= 0.3 is 9.53 Å². The van der Waals surface area contributed by atoms with Crippen molar-refractivity contribution in [3.63, 3.8) is 0 Å². The maximum atomic E-state index is 12.7. The highest BCUT2D eigenvalue weighted by Gasteiger charge is 2.15. The zero-order chi connectivity index (χ0) is 12.0. The molecule has 1 aromatic carbocycles. The lowest BCUT2D eigenvalue weighted by atomic mass is 10.1. The van der Waals surface area contributed by atoms with E-state index in [4.69, 9.17) is 13.3 Å². The SMILES string of the molecule is CO[SiH](OC)OC(C)Cc1ccc(F)cc1. The van der Waals surface area contributed by atoms with Crippen LogP contribution in [0.15, 0.2) is 24.3 Å². The molecular weight excluding hydrogens is 227 g/mol. The molecule has 0 aromatic heterocycles. The van der Waals surface area contributed by atoms with Gasteiger partial charge in [-0.3, -0.25) is 0 Å². The average molecular weight is 244 g/mol. The molecular formula is C11H17FO3Si. The van der Waals surface area contributed by atoms with Gasteiger partial charge in [-0.05, 0) is 31.0 Å². The normalized spacial score (nSPS) is 13.1. The molecule has 1 rings (SSSR count). The highest BCUT2D eigenvalue weighted by Crippen LogP contribution is 2.08. The summed E-state index contributed by atoms with van der Waals surface area (Å²) in [6.07, 6.45) is 0.721. The van der Waals surface area contributed by atoms with Crippen molar-refractivity contribution in [3.8, 4) is 0 Å². The molecule has 1 unspecified atom stereocenters. The van der Waals surface area contributed by atoms with Crippen molar-refractivity contribution in [1.82, 2.24) is 0 Å². The monoisotopic (exact) mass is 244 g/mol. The molecule has 0 N–H and O–H groups in total. The van der Waals surface area contributed by atoms with E-state index in [0.717, 1.165) is 12.0 Å². The second kappa shape index (κ2) is 6.75. The lowest BCUT2D eigenvalue weighted by Crippen LogP contribution is -2.29. The van der Waals surface area contributed by atoms with Crippen molar-refractivity contribution in [2.24, 2.45) is 0 Å². The molecule has 0 heterocycles. The Morgan fingerprint density at radius 3 is 2.25 bits per heavy atom. The van der Waals surface area contributed by atoms with Crippen LogP contribution in [0, 0.1) is 5.82 Å². The van der Waals surface area contributed by atoms with Crippen LogP contribution in [0.25, 0.3) is 0 Å². The van der Waals surface area contributed by atoms with E-state index >= 15 is 0 Å². The fourth-order valence-corrected chi connectivity index (χ4v) is 2.29. The smallest absolute Gasteiger partial charge is 0.379 e. The van der Waals surface area contributed by atoms with Crippen molar-refractivity contribution in [3.05, 3.63) is 35.6 Å². The fraction of sp³-hybridized carbons (Fsp3) is 0.455. The highest BCUT2D eigenvalue weighted by molar-refractivity contribution is 6.36. The van der Waals surface area contributed by atoms with E-state index in [2.05, 4.69) is 0 Å². The summed E-state index contributed by atoms with van der Waals surface area (Å²) in [5.41, 5.74) is 1.04.